The zero-order valence-electron chi connectivity index (χ0n) is 17.3. The van der Waals surface area contributed by atoms with Gasteiger partial charge in [-0.25, -0.2) is 0 Å². The summed E-state index contributed by atoms with van der Waals surface area (Å²) in [7, 11) is 0. The average Bonchev–Trinajstić information content (AvgIpc) is 2.68. The molecule has 1 aromatic carbocycles. The standard InChI is InChI=1S/C22H34N2O4/c1-16(2)19-10-9-17(3)13-20(19)28-15-22(26)24-12-11-23-21(25)14-27-18-7-5-4-6-8-18/h4-8,16-17,19-20H,9-15H2,1-3H3,(H,23,25)(H,24,26)/t17-,19-,20-/m1/s1. The molecule has 0 heterocycles. The first-order chi connectivity index (χ1) is 13.5. The van der Waals surface area contributed by atoms with Crippen LogP contribution in [0.2, 0.25) is 0 Å². The lowest BCUT2D eigenvalue weighted by Gasteiger charge is -2.37. The van der Waals surface area contributed by atoms with E-state index in [2.05, 4.69) is 31.4 Å². The van der Waals surface area contributed by atoms with Gasteiger partial charge in [0, 0.05) is 13.1 Å². The predicted octanol–water partition coefficient (Wildman–Crippen LogP) is 2.78. The fourth-order valence-corrected chi connectivity index (χ4v) is 3.66. The number of ether oxygens (including phenoxy) is 2. The van der Waals surface area contributed by atoms with Crippen molar-refractivity contribution in [2.75, 3.05) is 26.3 Å². The summed E-state index contributed by atoms with van der Waals surface area (Å²) in [5.41, 5.74) is 0. The van der Waals surface area contributed by atoms with Crippen LogP contribution in [0.4, 0.5) is 0 Å². The number of para-hydroxylation sites is 1. The van der Waals surface area contributed by atoms with Gasteiger partial charge in [0.25, 0.3) is 5.91 Å². The van der Waals surface area contributed by atoms with Gasteiger partial charge >= 0.3 is 0 Å². The van der Waals surface area contributed by atoms with Crippen molar-refractivity contribution in [3.05, 3.63) is 30.3 Å². The molecule has 3 atom stereocenters. The summed E-state index contributed by atoms with van der Waals surface area (Å²) in [4.78, 5) is 23.8. The van der Waals surface area contributed by atoms with Gasteiger partial charge < -0.3 is 20.1 Å². The van der Waals surface area contributed by atoms with Crippen LogP contribution < -0.4 is 15.4 Å². The van der Waals surface area contributed by atoms with E-state index in [1.165, 1.54) is 12.8 Å². The Balaban J connectivity index is 1.57. The third kappa shape index (κ3) is 7.89. The highest BCUT2D eigenvalue weighted by molar-refractivity contribution is 5.78. The smallest absolute Gasteiger partial charge is 0.258 e. The lowest BCUT2D eigenvalue weighted by atomic mass is 9.75. The molecule has 28 heavy (non-hydrogen) atoms. The molecule has 0 aromatic heterocycles. The molecule has 156 valence electrons. The molecule has 0 unspecified atom stereocenters. The van der Waals surface area contributed by atoms with Crippen LogP contribution in [0.25, 0.3) is 0 Å². The molecule has 1 aromatic rings. The second kappa shape index (κ2) is 11.7. The van der Waals surface area contributed by atoms with Gasteiger partial charge in [0.2, 0.25) is 5.91 Å². The average molecular weight is 391 g/mol. The lowest BCUT2D eigenvalue weighted by Crippen LogP contribution is -2.40. The van der Waals surface area contributed by atoms with Gasteiger partial charge in [-0.05, 0) is 42.7 Å². The molecule has 0 bridgehead atoms. The van der Waals surface area contributed by atoms with Crippen LogP contribution >= 0.6 is 0 Å². The molecule has 0 radical (unpaired) electrons. The Kier molecular flexibility index (Phi) is 9.28. The van der Waals surface area contributed by atoms with Crippen molar-refractivity contribution in [3.63, 3.8) is 0 Å². The van der Waals surface area contributed by atoms with E-state index < -0.39 is 0 Å². The number of amides is 2. The van der Waals surface area contributed by atoms with Crippen molar-refractivity contribution in [3.8, 4) is 5.75 Å². The SMILES string of the molecule is CC(C)[C@H]1CC[C@@H](C)C[C@H]1OCC(=O)NCCNC(=O)COc1ccccc1. The Morgan fingerprint density at radius 2 is 1.68 bits per heavy atom. The molecule has 1 aliphatic rings. The fourth-order valence-electron chi connectivity index (χ4n) is 3.66. The third-order valence-corrected chi connectivity index (χ3v) is 5.27. The fraction of sp³-hybridized carbons (Fsp3) is 0.636. The van der Waals surface area contributed by atoms with Crippen LogP contribution in [0.1, 0.15) is 40.0 Å². The van der Waals surface area contributed by atoms with Crippen molar-refractivity contribution in [2.45, 2.75) is 46.1 Å². The number of carbonyl (C=O) groups excluding carboxylic acids is 2. The first kappa shape index (κ1) is 22.2. The first-order valence-corrected chi connectivity index (χ1v) is 10.3. The minimum Gasteiger partial charge on any atom is -0.484 e. The minimum absolute atomic E-state index is 0.0441. The Labute approximate surface area is 168 Å². The minimum atomic E-state index is -0.217. The van der Waals surface area contributed by atoms with Crippen LogP contribution in [0.15, 0.2) is 30.3 Å². The molecule has 1 saturated carbocycles. The Hall–Kier alpha value is -2.08. The summed E-state index contributed by atoms with van der Waals surface area (Å²) in [6.45, 7) is 7.45. The Bertz CT molecular complexity index is 606. The second-order valence-electron chi connectivity index (χ2n) is 7.98. The molecule has 2 rings (SSSR count). The molecule has 0 aliphatic heterocycles. The number of hydrogen-bond acceptors (Lipinski definition) is 4. The number of nitrogens with one attached hydrogen (secondary N) is 2. The molecule has 0 saturated heterocycles. The summed E-state index contributed by atoms with van der Waals surface area (Å²) in [6.07, 6.45) is 3.59. The van der Waals surface area contributed by atoms with E-state index in [4.69, 9.17) is 9.47 Å². The van der Waals surface area contributed by atoms with E-state index in [-0.39, 0.29) is 31.1 Å². The topological polar surface area (TPSA) is 76.7 Å². The second-order valence-corrected chi connectivity index (χ2v) is 7.98. The molecular formula is C22H34N2O4. The molecule has 6 heteroatoms. The maximum absolute atomic E-state index is 12.0. The highest BCUT2D eigenvalue weighted by Crippen LogP contribution is 2.35. The maximum Gasteiger partial charge on any atom is 0.258 e. The largest absolute Gasteiger partial charge is 0.484 e. The quantitative estimate of drug-likeness (QED) is 0.602. The summed E-state index contributed by atoms with van der Waals surface area (Å²) in [5, 5.41) is 5.51. The normalized spacial score (nSPS) is 21.9. The lowest BCUT2D eigenvalue weighted by molar-refractivity contribution is -0.131. The van der Waals surface area contributed by atoms with Gasteiger partial charge in [-0.15, -0.1) is 0 Å². The van der Waals surface area contributed by atoms with Crippen molar-refractivity contribution >= 4 is 11.8 Å². The molecule has 2 N–H and O–H groups in total. The van der Waals surface area contributed by atoms with E-state index in [9.17, 15) is 9.59 Å². The highest BCUT2D eigenvalue weighted by atomic mass is 16.5. The summed E-state index contributed by atoms with van der Waals surface area (Å²) in [6, 6.07) is 9.18. The third-order valence-electron chi connectivity index (χ3n) is 5.27. The zero-order chi connectivity index (χ0) is 20.4. The van der Waals surface area contributed by atoms with Crippen molar-refractivity contribution in [2.24, 2.45) is 17.8 Å². The van der Waals surface area contributed by atoms with Crippen LogP contribution in [0.3, 0.4) is 0 Å². The van der Waals surface area contributed by atoms with Gasteiger partial charge in [0.1, 0.15) is 12.4 Å². The van der Waals surface area contributed by atoms with Gasteiger partial charge in [0.15, 0.2) is 6.61 Å². The van der Waals surface area contributed by atoms with Crippen LogP contribution in [-0.2, 0) is 14.3 Å². The van der Waals surface area contributed by atoms with Crippen molar-refractivity contribution < 1.29 is 19.1 Å². The van der Waals surface area contributed by atoms with Crippen LogP contribution in [0.5, 0.6) is 5.75 Å². The molecule has 0 spiro atoms. The summed E-state index contributed by atoms with van der Waals surface area (Å²) < 4.78 is 11.3. The number of carbonyl (C=O) groups is 2. The number of benzene rings is 1. The van der Waals surface area contributed by atoms with E-state index >= 15 is 0 Å². The molecule has 1 aliphatic carbocycles. The van der Waals surface area contributed by atoms with E-state index in [0.29, 0.717) is 36.6 Å². The predicted molar refractivity (Wildman–Crippen MR) is 109 cm³/mol. The molecule has 2 amide bonds. The van der Waals surface area contributed by atoms with Gasteiger partial charge in [-0.3, -0.25) is 9.59 Å². The highest BCUT2D eigenvalue weighted by Gasteiger charge is 2.31. The Morgan fingerprint density at radius 1 is 1.04 bits per heavy atom. The van der Waals surface area contributed by atoms with E-state index in [1.807, 2.05) is 18.2 Å². The molecule has 6 nitrogen and oxygen atoms in total. The number of rotatable bonds is 10. The van der Waals surface area contributed by atoms with Crippen molar-refractivity contribution in [1.29, 1.82) is 0 Å². The summed E-state index contributed by atoms with van der Waals surface area (Å²) in [5.74, 6) is 2.03. The van der Waals surface area contributed by atoms with Crippen LogP contribution in [-0.4, -0.2) is 44.2 Å². The van der Waals surface area contributed by atoms with E-state index in [0.717, 1.165) is 6.42 Å². The monoisotopic (exact) mass is 390 g/mol. The van der Waals surface area contributed by atoms with Gasteiger partial charge in [-0.2, -0.15) is 0 Å². The maximum atomic E-state index is 12.0. The zero-order valence-corrected chi connectivity index (χ0v) is 17.3. The Morgan fingerprint density at radius 3 is 2.32 bits per heavy atom. The van der Waals surface area contributed by atoms with E-state index in [1.54, 1.807) is 12.1 Å². The summed E-state index contributed by atoms with van der Waals surface area (Å²) >= 11 is 0. The van der Waals surface area contributed by atoms with Crippen LogP contribution in [0, 0.1) is 17.8 Å². The van der Waals surface area contributed by atoms with Gasteiger partial charge in [-0.1, -0.05) is 45.4 Å². The number of hydrogen-bond donors (Lipinski definition) is 2. The van der Waals surface area contributed by atoms with Gasteiger partial charge in [0.05, 0.1) is 6.10 Å². The van der Waals surface area contributed by atoms with Crippen molar-refractivity contribution in [1.82, 2.24) is 10.6 Å². The molecular weight excluding hydrogens is 356 g/mol. The molecule has 1 fully saturated rings. The first-order valence-electron chi connectivity index (χ1n) is 10.3.